The Morgan fingerprint density at radius 2 is 2.24 bits per heavy atom. The third-order valence-corrected chi connectivity index (χ3v) is 5.60. The number of nitrogens with one attached hydrogen (secondary N) is 1. The van der Waals surface area contributed by atoms with Crippen molar-refractivity contribution < 1.29 is 4.79 Å². The van der Waals surface area contributed by atoms with Gasteiger partial charge in [-0.2, -0.15) is 0 Å². The van der Waals surface area contributed by atoms with E-state index in [-0.39, 0.29) is 11.3 Å². The van der Waals surface area contributed by atoms with Gasteiger partial charge in [-0.25, -0.2) is 0 Å². The van der Waals surface area contributed by atoms with E-state index in [1.807, 2.05) is 6.07 Å². The molecule has 0 bridgehead atoms. The number of alkyl halides is 1. The first-order valence-electron chi connectivity index (χ1n) is 7.32. The number of amides is 1. The van der Waals surface area contributed by atoms with Gasteiger partial charge in [-0.1, -0.05) is 19.1 Å². The van der Waals surface area contributed by atoms with E-state index in [1.54, 1.807) is 11.3 Å². The van der Waals surface area contributed by atoms with E-state index in [0.29, 0.717) is 0 Å². The quantitative estimate of drug-likeness (QED) is 0.839. The van der Waals surface area contributed by atoms with Crippen LogP contribution >= 0.6 is 22.9 Å². The molecule has 1 aliphatic rings. The molecule has 4 heteroatoms. The molecule has 1 aromatic heterocycles. The fourth-order valence-electron chi connectivity index (χ4n) is 2.77. The lowest BCUT2D eigenvalue weighted by molar-refractivity contribution is 0.0956. The number of halogens is 1. The molecule has 2 aromatic rings. The molecule has 2 nitrogen and oxygen atoms in total. The van der Waals surface area contributed by atoms with E-state index < -0.39 is 0 Å². The van der Waals surface area contributed by atoms with Gasteiger partial charge < -0.3 is 5.32 Å². The minimum Gasteiger partial charge on any atom is -0.352 e. The van der Waals surface area contributed by atoms with Crippen molar-refractivity contribution in [2.45, 2.75) is 31.6 Å². The summed E-state index contributed by atoms with van der Waals surface area (Å²) in [5.74, 6) is 0.0233. The number of benzene rings is 1. The highest BCUT2D eigenvalue weighted by molar-refractivity contribution is 7.10. The summed E-state index contributed by atoms with van der Waals surface area (Å²) >= 11 is 8.35. The van der Waals surface area contributed by atoms with Crippen molar-refractivity contribution in [3.05, 3.63) is 56.8 Å². The van der Waals surface area contributed by atoms with E-state index in [4.69, 9.17) is 11.6 Å². The van der Waals surface area contributed by atoms with Crippen LogP contribution in [-0.2, 0) is 12.8 Å². The number of rotatable bonds is 3. The molecule has 1 unspecified atom stereocenters. The smallest absolute Gasteiger partial charge is 0.251 e. The Morgan fingerprint density at radius 1 is 1.38 bits per heavy atom. The molecule has 1 aromatic carbocycles. The maximum absolute atomic E-state index is 12.1. The second kappa shape index (κ2) is 6.20. The number of hydrogen-bond acceptors (Lipinski definition) is 2. The van der Waals surface area contributed by atoms with Crippen molar-refractivity contribution >= 4 is 28.8 Å². The van der Waals surface area contributed by atoms with Gasteiger partial charge in [0.05, 0.1) is 5.38 Å². The summed E-state index contributed by atoms with van der Waals surface area (Å²) in [6, 6.07) is 8.22. The molecule has 3 rings (SSSR count). The summed E-state index contributed by atoms with van der Waals surface area (Å²) in [6.45, 7) is 2.89. The normalized spacial score (nSPS) is 16.0. The third kappa shape index (κ3) is 2.85. The van der Waals surface area contributed by atoms with Gasteiger partial charge in [0.25, 0.3) is 5.91 Å². The van der Waals surface area contributed by atoms with Crippen LogP contribution in [-0.4, -0.2) is 12.5 Å². The zero-order valence-electron chi connectivity index (χ0n) is 12.0. The van der Waals surface area contributed by atoms with E-state index in [2.05, 4.69) is 35.8 Å². The van der Waals surface area contributed by atoms with Crippen LogP contribution in [0.5, 0.6) is 0 Å². The van der Waals surface area contributed by atoms with Gasteiger partial charge in [-0.05, 0) is 53.5 Å². The largest absolute Gasteiger partial charge is 0.352 e. The van der Waals surface area contributed by atoms with E-state index in [9.17, 15) is 4.79 Å². The van der Waals surface area contributed by atoms with Crippen LogP contribution < -0.4 is 5.32 Å². The van der Waals surface area contributed by atoms with Crippen molar-refractivity contribution in [3.63, 3.8) is 0 Å². The third-order valence-electron chi connectivity index (χ3n) is 3.97. The summed E-state index contributed by atoms with van der Waals surface area (Å²) in [5.41, 5.74) is 4.20. The van der Waals surface area contributed by atoms with Gasteiger partial charge in [-0.3, -0.25) is 4.79 Å². The highest BCUT2D eigenvalue weighted by Gasteiger charge is 2.20. The van der Waals surface area contributed by atoms with Crippen LogP contribution in [0.3, 0.4) is 0 Å². The topological polar surface area (TPSA) is 29.1 Å². The number of aryl methyl sites for hydroxylation is 2. The Balaban J connectivity index is 1.98. The van der Waals surface area contributed by atoms with E-state index >= 15 is 0 Å². The van der Waals surface area contributed by atoms with Crippen molar-refractivity contribution in [1.29, 1.82) is 0 Å². The zero-order chi connectivity index (χ0) is 14.8. The monoisotopic (exact) mass is 319 g/mol. The van der Waals surface area contributed by atoms with E-state index in [1.165, 1.54) is 10.4 Å². The standard InChI is InChI=1S/C17H18ClNOS/c1-2-11-7-9-21-16(11)15(18)13-6-5-12-4-3-8-19-17(20)14(12)10-13/h5-7,9-10,15H,2-4,8H2,1H3,(H,19,20). The molecule has 0 aliphatic carbocycles. The van der Waals surface area contributed by atoms with Gasteiger partial charge in [0.2, 0.25) is 0 Å². The molecular formula is C17H18ClNOS. The van der Waals surface area contributed by atoms with Gasteiger partial charge in [0.15, 0.2) is 0 Å². The zero-order valence-corrected chi connectivity index (χ0v) is 13.6. The molecular weight excluding hydrogens is 302 g/mol. The Kier molecular flexibility index (Phi) is 4.32. The molecule has 110 valence electrons. The maximum Gasteiger partial charge on any atom is 0.251 e. The first kappa shape index (κ1) is 14.6. The number of hydrogen-bond donors (Lipinski definition) is 1. The SMILES string of the molecule is CCc1ccsc1C(Cl)c1ccc2c(c1)C(=O)NCCC2. The molecule has 1 N–H and O–H groups in total. The number of fused-ring (bicyclic) bond motifs is 1. The highest BCUT2D eigenvalue weighted by atomic mass is 35.5. The van der Waals surface area contributed by atoms with Gasteiger partial charge in [0.1, 0.15) is 0 Å². The molecule has 1 atom stereocenters. The van der Waals surface area contributed by atoms with Crippen molar-refractivity contribution in [2.24, 2.45) is 0 Å². The molecule has 0 radical (unpaired) electrons. The molecule has 21 heavy (non-hydrogen) atoms. The average molecular weight is 320 g/mol. The maximum atomic E-state index is 12.1. The van der Waals surface area contributed by atoms with Gasteiger partial charge >= 0.3 is 0 Å². The Bertz CT molecular complexity index is 665. The van der Waals surface area contributed by atoms with Crippen molar-refractivity contribution in [1.82, 2.24) is 5.32 Å². The van der Waals surface area contributed by atoms with Crippen LogP contribution in [0.2, 0.25) is 0 Å². The van der Waals surface area contributed by atoms with Crippen LogP contribution in [0.15, 0.2) is 29.6 Å². The van der Waals surface area contributed by atoms with Crippen molar-refractivity contribution in [3.8, 4) is 0 Å². The van der Waals surface area contributed by atoms with Gasteiger partial charge in [-0.15, -0.1) is 22.9 Å². The Morgan fingerprint density at radius 3 is 3.05 bits per heavy atom. The molecule has 0 fully saturated rings. The summed E-state index contributed by atoms with van der Waals surface area (Å²) < 4.78 is 0. The molecule has 0 saturated carbocycles. The van der Waals surface area contributed by atoms with E-state index in [0.717, 1.165) is 42.5 Å². The van der Waals surface area contributed by atoms with Crippen LogP contribution in [0.4, 0.5) is 0 Å². The number of carbonyl (C=O) groups is 1. The Labute approximate surface area is 134 Å². The minimum atomic E-state index is -0.179. The summed E-state index contributed by atoms with van der Waals surface area (Å²) in [4.78, 5) is 13.3. The second-order valence-electron chi connectivity index (χ2n) is 5.30. The lowest BCUT2D eigenvalue weighted by Crippen LogP contribution is -2.22. The number of thiophene rings is 1. The summed E-state index contributed by atoms with van der Waals surface area (Å²) in [7, 11) is 0. The predicted octanol–water partition coefficient (Wildman–Crippen LogP) is 4.31. The predicted molar refractivity (Wildman–Crippen MR) is 88.5 cm³/mol. The number of carbonyl (C=O) groups excluding carboxylic acids is 1. The summed E-state index contributed by atoms with van der Waals surface area (Å²) in [5, 5.41) is 4.85. The fraction of sp³-hybridized carbons (Fsp3) is 0.353. The lowest BCUT2D eigenvalue weighted by atomic mass is 9.98. The van der Waals surface area contributed by atoms with Crippen LogP contribution in [0.1, 0.15) is 50.6 Å². The Hall–Kier alpha value is -1.32. The molecule has 2 heterocycles. The molecule has 0 saturated heterocycles. The highest BCUT2D eigenvalue weighted by Crippen LogP contribution is 2.36. The minimum absolute atomic E-state index is 0.0233. The summed E-state index contributed by atoms with van der Waals surface area (Å²) in [6.07, 6.45) is 2.92. The molecule has 1 aliphatic heterocycles. The first-order chi connectivity index (χ1) is 10.2. The second-order valence-corrected chi connectivity index (χ2v) is 6.69. The van der Waals surface area contributed by atoms with Crippen LogP contribution in [0, 0.1) is 0 Å². The molecule has 0 spiro atoms. The lowest BCUT2D eigenvalue weighted by Gasteiger charge is -2.13. The first-order valence-corrected chi connectivity index (χ1v) is 8.63. The average Bonchev–Trinajstić information content (AvgIpc) is 2.91. The van der Waals surface area contributed by atoms with Crippen LogP contribution in [0.25, 0.3) is 0 Å². The molecule has 1 amide bonds. The fourth-order valence-corrected chi connectivity index (χ4v) is 4.20. The van der Waals surface area contributed by atoms with Gasteiger partial charge in [0, 0.05) is 17.0 Å². The van der Waals surface area contributed by atoms with Crippen molar-refractivity contribution in [2.75, 3.05) is 6.54 Å².